The van der Waals surface area contributed by atoms with Gasteiger partial charge in [0.2, 0.25) is 5.91 Å². The highest BCUT2D eigenvalue weighted by atomic mass is 16.2. The van der Waals surface area contributed by atoms with Gasteiger partial charge in [0.1, 0.15) is 17.3 Å². The lowest BCUT2D eigenvalue weighted by atomic mass is 10.2. The van der Waals surface area contributed by atoms with E-state index in [1.165, 1.54) is 0 Å². The number of rotatable bonds is 5. The Morgan fingerprint density at radius 2 is 1.75 bits per heavy atom. The Morgan fingerprint density at radius 3 is 2.36 bits per heavy atom. The van der Waals surface area contributed by atoms with Gasteiger partial charge >= 0.3 is 0 Å². The number of benzene rings is 1. The zero-order valence-electron chi connectivity index (χ0n) is 16.8. The molecule has 7 nitrogen and oxygen atoms in total. The smallest absolute Gasteiger partial charge is 0.272 e. The topological polar surface area (TPSA) is 69.6 Å². The fourth-order valence-electron chi connectivity index (χ4n) is 3.37. The van der Waals surface area contributed by atoms with Crippen LogP contribution in [0.25, 0.3) is 0 Å². The van der Waals surface area contributed by atoms with Gasteiger partial charge in [-0.2, -0.15) is 0 Å². The van der Waals surface area contributed by atoms with E-state index in [4.69, 9.17) is 0 Å². The number of hydrogen-bond donors (Lipinski definition) is 0. The van der Waals surface area contributed by atoms with E-state index in [1.807, 2.05) is 42.2 Å². The lowest BCUT2D eigenvalue weighted by Crippen LogP contribution is -2.48. The van der Waals surface area contributed by atoms with Gasteiger partial charge in [-0.05, 0) is 19.4 Å². The van der Waals surface area contributed by atoms with Gasteiger partial charge < -0.3 is 14.7 Å². The van der Waals surface area contributed by atoms with Crippen LogP contribution in [0, 0.1) is 6.92 Å². The van der Waals surface area contributed by atoms with Crippen LogP contribution in [0.15, 0.2) is 36.4 Å². The molecule has 0 spiro atoms. The summed E-state index contributed by atoms with van der Waals surface area (Å²) in [5.74, 6) is 1.31. The summed E-state index contributed by atoms with van der Waals surface area (Å²) < 4.78 is 0. The molecule has 1 aromatic carbocycles. The predicted molar refractivity (Wildman–Crippen MR) is 108 cm³/mol. The molecule has 1 aliphatic heterocycles. The molecule has 3 rings (SSSR count). The van der Waals surface area contributed by atoms with E-state index in [2.05, 4.69) is 14.9 Å². The summed E-state index contributed by atoms with van der Waals surface area (Å²) in [4.78, 5) is 39.2. The molecule has 2 amide bonds. The first kappa shape index (κ1) is 19.8. The Bertz CT molecular complexity index is 832. The lowest BCUT2D eigenvalue weighted by Gasteiger charge is -2.35. The van der Waals surface area contributed by atoms with Crippen molar-refractivity contribution < 1.29 is 9.59 Å². The van der Waals surface area contributed by atoms with Crippen molar-refractivity contribution in [2.45, 2.75) is 27.3 Å². The van der Waals surface area contributed by atoms with Crippen molar-refractivity contribution in [1.82, 2.24) is 19.8 Å². The summed E-state index contributed by atoms with van der Waals surface area (Å²) >= 11 is 0. The first-order valence-corrected chi connectivity index (χ1v) is 9.67. The Balaban J connectivity index is 1.76. The minimum atomic E-state index is -0.0968. The average Bonchev–Trinajstić information content (AvgIpc) is 2.72. The van der Waals surface area contributed by atoms with Crippen molar-refractivity contribution in [2.75, 3.05) is 37.6 Å². The van der Waals surface area contributed by atoms with Crippen LogP contribution in [-0.4, -0.2) is 64.3 Å². The van der Waals surface area contributed by atoms with Crippen molar-refractivity contribution in [2.24, 2.45) is 0 Å². The number of nitrogens with zero attached hydrogens (tertiary/aromatic N) is 5. The first-order chi connectivity index (χ1) is 13.5. The number of carbonyl (C=O) groups excluding carboxylic acids is 2. The molecule has 0 atom stereocenters. The second kappa shape index (κ2) is 8.82. The lowest BCUT2D eigenvalue weighted by molar-refractivity contribution is -0.129. The first-order valence-electron chi connectivity index (χ1n) is 9.67. The fourth-order valence-corrected chi connectivity index (χ4v) is 3.37. The molecule has 0 radical (unpaired) electrons. The molecule has 0 aliphatic carbocycles. The third-order valence-electron chi connectivity index (χ3n) is 4.98. The van der Waals surface area contributed by atoms with Crippen molar-refractivity contribution >= 4 is 17.6 Å². The Morgan fingerprint density at radius 1 is 1.07 bits per heavy atom. The number of amides is 2. The zero-order valence-corrected chi connectivity index (χ0v) is 16.8. The number of carbonyl (C=O) groups is 2. The summed E-state index contributed by atoms with van der Waals surface area (Å²) in [6.07, 6.45) is 0. The van der Waals surface area contributed by atoms with E-state index in [0.717, 1.165) is 11.4 Å². The SMILES string of the molecule is CCN(Cc1ccccc1)C(=O)c1cc(N2CCN(C(C)=O)CC2)nc(C)n1. The van der Waals surface area contributed by atoms with E-state index in [0.29, 0.717) is 50.8 Å². The van der Waals surface area contributed by atoms with Crippen molar-refractivity contribution in [3.63, 3.8) is 0 Å². The van der Waals surface area contributed by atoms with E-state index in [9.17, 15) is 9.59 Å². The highest BCUT2D eigenvalue weighted by Crippen LogP contribution is 2.17. The molecule has 1 aromatic heterocycles. The van der Waals surface area contributed by atoms with E-state index < -0.39 is 0 Å². The van der Waals surface area contributed by atoms with Crippen LogP contribution in [0.2, 0.25) is 0 Å². The summed E-state index contributed by atoms with van der Waals surface area (Å²) in [6.45, 7) is 9.24. The van der Waals surface area contributed by atoms with Crippen LogP contribution in [0.4, 0.5) is 5.82 Å². The molecule has 2 heterocycles. The molecular weight excluding hydrogens is 354 g/mol. The molecular formula is C21H27N5O2. The molecule has 0 saturated carbocycles. The van der Waals surface area contributed by atoms with Crippen LogP contribution >= 0.6 is 0 Å². The second-order valence-electron chi connectivity index (χ2n) is 6.96. The number of hydrogen-bond acceptors (Lipinski definition) is 5. The van der Waals surface area contributed by atoms with Crippen molar-refractivity contribution in [1.29, 1.82) is 0 Å². The minimum absolute atomic E-state index is 0.0916. The van der Waals surface area contributed by atoms with Crippen LogP contribution in [0.1, 0.15) is 35.7 Å². The van der Waals surface area contributed by atoms with Gasteiger partial charge in [-0.1, -0.05) is 30.3 Å². The Kier molecular flexibility index (Phi) is 6.23. The van der Waals surface area contributed by atoms with Gasteiger partial charge in [-0.3, -0.25) is 9.59 Å². The molecule has 1 fully saturated rings. The van der Waals surface area contributed by atoms with E-state index >= 15 is 0 Å². The highest BCUT2D eigenvalue weighted by molar-refractivity contribution is 5.93. The number of piperazine rings is 1. The molecule has 148 valence electrons. The molecule has 1 aliphatic rings. The summed E-state index contributed by atoms with van der Waals surface area (Å²) in [7, 11) is 0. The second-order valence-corrected chi connectivity index (χ2v) is 6.96. The molecule has 1 saturated heterocycles. The van der Waals surface area contributed by atoms with Crippen LogP contribution in [0.3, 0.4) is 0 Å². The Labute approximate surface area is 166 Å². The van der Waals surface area contributed by atoms with Crippen LogP contribution in [0.5, 0.6) is 0 Å². The maximum absolute atomic E-state index is 13.1. The van der Waals surface area contributed by atoms with E-state index in [1.54, 1.807) is 24.8 Å². The number of anilines is 1. The van der Waals surface area contributed by atoms with Gasteiger partial charge in [0.15, 0.2) is 0 Å². The molecule has 2 aromatic rings. The quantitative estimate of drug-likeness (QED) is 0.793. The molecule has 0 N–H and O–H groups in total. The predicted octanol–water partition coefficient (Wildman–Crippen LogP) is 2.12. The largest absolute Gasteiger partial charge is 0.353 e. The van der Waals surface area contributed by atoms with E-state index in [-0.39, 0.29) is 11.8 Å². The molecule has 7 heteroatoms. The standard InChI is InChI=1S/C21H27N5O2/c1-4-24(15-18-8-6-5-7-9-18)21(28)19-14-20(23-16(2)22-19)26-12-10-25(11-13-26)17(3)27/h5-9,14H,4,10-13,15H2,1-3H3. The van der Waals surface area contributed by atoms with Crippen molar-refractivity contribution in [3.05, 3.63) is 53.5 Å². The summed E-state index contributed by atoms with van der Waals surface area (Å²) in [6, 6.07) is 11.7. The molecule has 28 heavy (non-hydrogen) atoms. The van der Waals surface area contributed by atoms with Gasteiger partial charge in [0.25, 0.3) is 5.91 Å². The maximum atomic E-state index is 13.1. The summed E-state index contributed by atoms with van der Waals surface area (Å²) in [5.41, 5.74) is 1.50. The summed E-state index contributed by atoms with van der Waals surface area (Å²) in [5, 5.41) is 0. The van der Waals surface area contributed by atoms with Gasteiger partial charge in [0, 0.05) is 52.3 Å². The minimum Gasteiger partial charge on any atom is -0.353 e. The monoisotopic (exact) mass is 381 g/mol. The number of aromatic nitrogens is 2. The average molecular weight is 381 g/mol. The zero-order chi connectivity index (χ0) is 20.1. The van der Waals surface area contributed by atoms with Crippen molar-refractivity contribution in [3.8, 4) is 0 Å². The maximum Gasteiger partial charge on any atom is 0.272 e. The molecule has 0 unspecified atom stereocenters. The Hall–Kier alpha value is -2.96. The fraction of sp³-hybridized carbons (Fsp3) is 0.429. The van der Waals surface area contributed by atoms with Gasteiger partial charge in [-0.25, -0.2) is 9.97 Å². The highest BCUT2D eigenvalue weighted by Gasteiger charge is 2.23. The van der Waals surface area contributed by atoms with Crippen LogP contribution < -0.4 is 4.90 Å². The van der Waals surface area contributed by atoms with Crippen LogP contribution in [-0.2, 0) is 11.3 Å². The normalized spacial score (nSPS) is 14.1. The number of aryl methyl sites for hydroxylation is 1. The van der Waals surface area contributed by atoms with Gasteiger partial charge in [-0.15, -0.1) is 0 Å². The molecule has 0 bridgehead atoms. The third kappa shape index (κ3) is 4.65. The van der Waals surface area contributed by atoms with Gasteiger partial charge in [0.05, 0.1) is 0 Å². The third-order valence-corrected chi connectivity index (χ3v) is 4.98.